The van der Waals surface area contributed by atoms with Crippen molar-refractivity contribution < 1.29 is 13.2 Å². The summed E-state index contributed by atoms with van der Waals surface area (Å²) in [5, 5.41) is 0. The molecule has 0 spiro atoms. The zero-order valence-corrected chi connectivity index (χ0v) is 28.9. The molecule has 242 valence electrons. The van der Waals surface area contributed by atoms with Crippen molar-refractivity contribution >= 4 is 8.69 Å². The summed E-state index contributed by atoms with van der Waals surface area (Å²) in [5.41, 5.74) is 8.89. The second-order valence-electron chi connectivity index (χ2n) is 12.5. The molecular weight excluding hydrogens is 610 g/mol. The molecule has 6 aromatic rings. The lowest BCUT2D eigenvalue weighted by atomic mass is 9.87. The molecule has 4 heteroatoms. The fourth-order valence-corrected chi connectivity index (χ4v) is 7.08. The Morgan fingerprint density at radius 3 is 0.979 bits per heavy atom. The standard InChI is InChI=1S/C44H42FO2P/c1-31(35-17-9-5-10-18-35)39-25-27-43(41(29-39)33(3)37-21-13-7-14-22-37)46-48(45)47-44-28-26-40(32(2)36-19-11-6-12-20-36)30-42(44)34(4)38-23-15-8-16-24-38/h5-34H,1-4H3. The molecular formula is C44H42FO2P. The van der Waals surface area contributed by atoms with Gasteiger partial charge in [-0.15, -0.1) is 4.20 Å². The van der Waals surface area contributed by atoms with Gasteiger partial charge in [0.15, 0.2) is 0 Å². The molecule has 4 unspecified atom stereocenters. The van der Waals surface area contributed by atoms with Crippen molar-refractivity contribution in [3.63, 3.8) is 0 Å². The van der Waals surface area contributed by atoms with E-state index in [-0.39, 0.29) is 23.7 Å². The van der Waals surface area contributed by atoms with Crippen LogP contribution in [0.1, 0.15) is 95.9 Å². The van der Waals surface area contributed by atoms with Crippen LogP contribution in [0, 0.1) is 0 Å². The van der Waals surface area contributed by atoms with Crippen molar-refractivity contribution in [1.82, 2.24) is 0 Å². The van der Waals surface area contributed by atoms with Crippen molar-refractivity contribution in [2.45, 2.75) is 51.4 Å². The minimum absolute atomic E-state index is 0.0139. The minimum Gasteiger partial charge on any atom is -0.414 e. The lowest BCUT2D eigenvalue weighted by Gasteiger charge is -2.23. The summed E-state index contributed by atoms with van der Waals surface area (Å²) in [4.78, 5) is 0. The van der Waals surface area contributed by atoms with Crippen LogP contribution in [0.15, 0.2) is 158 Å². The van der Waals surface area contributed by atoms with Gasteiger partial charge in [0.25, 0.3) is 0 Å². The third-order valence-electron chi connectivity index (χ3n) is 9.54. The molecule has 0 aromatic heterocycles. The Balaban J connectivity index is 1.32. The highest BCUT2D eigenvalue weighted by Crippen LogP contribution is 2.48. The van der Waals surface area contributed by atoms with Gasteiger partial charge in [-0.05, 0) is 45.5 Å². The third kappa shape index (κ3) is 7.70. The highest BCUT2D eigenvalue weighted by Gasteiger charge is 2.25. The first-order chi connectivity index (χ1) is 23.4. The molecule has 0 saturated carbocycles. The van der Waals surface area contributed by atoms with Crippen LogP contribution >= 0.6 is 8.69 Å². The molecule has 0 bridgehead atoms. The number of halogens is 1. The lowest BCUT2D eigenvalue weighted by Crippen LogP contribution is -2.05. The van der Waals surface area contributed by atoms with Crippen LogP contribution in [0.25, 0.3) is 0 Å². The largest absolute Gasteiger partial charge is 0.505 e. The molecule has 6 rings (SSSR count). The minimum atomic E-state index is -2.79. The Labute approximate surface area is 286 Å². The van der Waals surface area contributed by atoms with Gasteiger partial charge in [-0.25, -0.2) is 0 Å². The summed E-state index contributed by atoms with van der Waals surface area (Å²) in [6.07, 6.45) is 0. The monoisotopic (exact) mass is 652 g/mol. The van der Waals surface area contributed by atoms with Gasteiger partial charge in [0.2, 0.25) is 0 Å². The molecule has 2 nitrogen and oxygen atoms in total. The van der Waals surface area contributed by atoms with Gasteiger partial charge in [-0.1, -0.05) is 173 Å². The summed E-state index contributed by atoms with van der Waals surface area (Å²) < 4.78 is 28.3. The Morgan fingerprint density at radius 2 is 0.667 bits per heavy atom. The molecule has 48 heavy (non-hydrogen) atoms. The van der Waals surface area contributed by atoms with Crippen LogP contribution in [0.3, 0.4) is 0 Å². The maximum Gasteiger partial charge on any atom is 0.505 e. The molecule has 0 N–H and O–H groups in total. The molecule has 0 saturated heterocycles. The predicted molar refractivity (Wildman–Crippen MR) is 198 cm³/mol. The molecule has 0 aliphatic carbocycles. The van der Waals surface area contributed by atoms with Crippen LogP contribution in [0.4, 0.5) is 4.20 Å². The van der Waals surface area contributed by atoms with E-state index in [2.05, 4.69) is 113 Å². The van der Waals surface area contributed by atoms with Crippen molar-refractivity contribution in [2.24, 2.45) is 0 Å². The van der Waals surface area contributed by atoms with E-state index in [1.165, 1.54) is 11.1 Å². The smallest absolute Gasteiger partial charge is 0.414 e. The van der Waals surface area contributed by atoms with Gasteiger partial charge in [-0.3, -0.25) is 0 Å². The number of hydrogen-bond acceptors (Lipinski definition) is 2. The molecule has 0 amide bonds. The van der Waals surface area contributed by atoms with Crippen LogP contribution in [0.2, 0.25) is 0 Å². The molecule has 4 atom stereocenters. The first-order valence-corrected chi connectivity index (χ1v) is 17.7. The molecule has 6 aromatic carbocycles. The van der Waals surface area contributed by atoms with E-state index in [4.69, 9.17) is 9.05 Å². The van der Waals surface area contributed by atoms with Gasteiger partial charge in [0.1, 0.15) is 11.5 Å². The topological polar surface area (TPSA) is 18.5 Å². The molecule has 0 aliphatic heterocycles. The summed E-state index contributed by atoms with van der Waals surface area (Å²) in [7, 11) is -2.79. The summed E-state index contributed by atoms with van der Waals surface area (Å²) >= 11 is 0. The van der Waals surface area contributed by atoms with Gasteiger partial charge < -0.3 is 9.05 Å². The fraction of sp³-hybridized carbons (Fsp3) is 0.182. The maximum absolute atomic E-state index is 16.1. The van der Waals surface area contributed by atoms with Gasteiger partial charge in [-0.2, -0.15) is 0 Å². The van der Waals surface area contributed by atoms with E-state index in [1.54, 1.807) is 0 Å². The normalized spacial score (nSPS) is 14.4. The maximum atomic E-state index is 16.1. The average molecular weight is 653 g/mol. The summed E-state index contributed by atoms with van der Waals surface area (Å²) in [6, 6.07) is 53.7. The molecule has 0 aliphatic rings. The van der Waals surface area contributed by atoms with Crippen LogP contribution < -0.4 is 9.05 Å². The van der Waals surface area contributed by atoms with Gasteiger partial charge in [0, 0.05) is 34.8 Å². The van der Waals surface area contributed by atoms with Crippen LogP contribution in [0.5, 0.6) is 11.5 Å². The van der Waals surface area contributed by atoms with E-state index >= 15 is 4.20 Å². The molecule has 0 heterocycles. The Hall–Kier alpha value is -4.72. The second-order valence-corrected chi connectivity index (χ2v) is 13.3. The van der Waals surface area contributed by atoms with Crippen molar-refractivity contribution in [1.29, 1.82) is 0 Å². The van der Waals surface area contributed by atoms with Gasteiger partial charge >= 0.3 is 8.69 Å². The summed E-state index contributed by atoms with van der Waals surface area (Å²) in [5.74, 6) is 1.31. The Morgan fingerprint density at radius 1 is 0.375 bits per heavy atom. The molecule has 0 radical (unpaired) electrons. The third-order valence-corrected chi connectivity index (χ3v) is 10.2. The first kappa shape index (κ1) is 33.2. The van der Waals surface area contributed by atoms with Crippen LogP contribution in [-0.2, 0) is 0 Å². The summed E-state index contributed by atoms with van der Waals surface area (Å²) in [6.45, 7) is 8.68. The highest BCUT2D eigenvalue weighted by molar-refractivity contribution is 7.42. The average Bonchev–Trinajstić information content (AvgIpc) is 3.15. The van der Waals surface area contributed by atoms with E-state index < -0.39 is 8.69 Å². The highest BCUT2D eigenvalue weighted by atomic mass is 31.2. The Kier molecular flexibility index (Phi) is 10.7. The molecule has 0 fully saturated rings. The van der Waals surface area contributed by atoms with Gasteiger partial charge in [0.05, 0.1) is 0 Å². The van der Waals surface area contributed by atoms with Crippen LogP contribution in [-0.4, -0.2) is 0 Å². The predicted octanol–water partition coefficient (Wildman–Crippen LogP) is 12.9. The van der Waals surface area contributed by atoms with E-state index in [0.29, 0.717) is 11.5 Å². The quantitative estimate of drug-likeness (QED) is 0.123. The number of hydrogen-bond donors (Lipinski definition) is 0. The number of rotatable bonds is 12. The van der Waals surface area contributed by atoms with E-state index in [9.17, 15) is 0 Å². The lowest BCUT2D eigenvalue weighted by molar-refractivity contribution is 0.432. The SMILES string of the molecule is CC(c1ccccc1)c1ccc(OP(F)Oc2ccc(C(C)c3ccccc3)cc2C(C)c2ccccc2)c(C(C)c2ccccc2)c1. The van der Waals surface area contributed by atoms with Crippen molar-refractivity contribution in [3.8, 4) is 11.5 Å². The zero-order valence-electron chi connectivity index (χ0n) is 28.0. The van der Waals surface area contributed by atoms with Crippen molar-refractivity contribution in [2.75, 3.05) is 0 Å². The first-order valence-electron chi connectivity index (χ1n) is 16.7. The zero-order chi connectivity index (χ0) is 33.5. The second kappa shape index (κ2) is 15.5. The number of benzene rings is 6. The van der Waals surface area contributed by atoms with E-state index in [1.807, 2.05) is 72.8 Å². The van der Waals surface area contributed by atoms with E-state index in [0.717, 1.165) is 33.4 Å². The van der Waals surface area contributed by atoms with Crippen molar-refractivity contribution in [3.05, 3.63) is 202 Å². The Bertz CT molecular complexity index is 1760. The fourth-order valence-electron chi connectivity index (χ4n) is 6.40.